The highest BCUT2D eigenvalue weighted by molar-refractivity contribution is 6.25. The minimum absolute atomic E-state index is 1.09. The van der Waals surface area contributed by atoms with E-state index in [4.69, 9.17) is 0 Å². The van der Waals surface area contributed by atoms with Crippen LogP contribution < -0.4 is 4.90 Å². The first-order valence-electron chi connectivity index (χ1n) is 21.7. The summed E-state index contributed by atoms with van der Waals surface area (Å²) < 4.78 is 0. The Balaban J connectivity index is 1.04. The van der Waals surface area contributed by atoms with Crippen molar-refractivity contribution in [1.29, 1.82) is 0 Å². The van der Waals surface area contributed by atoms with Gasteiger partial charge in [0.1, 0.15) is 0 Å². The number of benzene rings is 11. The van der Waals surface area contributed by atoms with Gasteiger partial charge in [0.05, 0.1) is 5.69 Å². The Morgan fingerprint density at radius 1 is 0.206 bits per heavy atom. The summed E-state index contributed by atoms with van der Waals surface area (Å²) in [5, 5.41) is 5.00. The summed E-state index contributed by atoms with van der Waals surface area (Å²) in [6, 6.07) is 94.5. The fraction of sp³-hybridized carbons (Fsp3) is 0. The molecule has 11 rings (SSSR count). The van der Waals surface area contributed by atoms with E-state index in [-0.39, 0.29) is 0 Å². The maximum atomic E-state index is 2.40. The summed E-state index contributed by atoms with van der Waals surface area (Å²) in [6.45, 7) is 0. The lowest BCUT2D eigenvalue weighted by atomic mass is 9.83. The van der Waals surface area contributed by atoms with E-state index < -0.39 is 0 Å². The minimum Gasteiger partial charge on any atom is -0.310 e. The highest BCUT2D eigenvalue weighted by atomic mass is 15.1. The summed E-state index contributed by atoms with van der Waals surface area (Å²) in [4.78, 5) is 2.40. The van der Waals surface area contributed by atoms with Crippen LogP contribution in [0.2, 0.25) is 0 Å². The molecule has 296 valence electrons. The van der Waals surface area contributed by atoms with Gasteiger partial charge in [0, 0.05) is 16.9 Å². The van der Waals surface area contributed by atoms with Crippen LogP contribution in [-0.2, 0) is 0 Å². The molecule has 1 heteroatoms. The van der Waals surface area contributed by atoms with Gasteiger partial charge in [-0.2, -0.15) is 0 Å². The molecule has 0 amide bonds. The van der Waals surface area contributed by atoms with E-state index in [0.29, 0.717) is 0 Å². The van der Waals surface area contributed by atoms with Crippen LogP contribution in [0, 0.1) is 0 Å². The number of anilines is 3. The van der Waals surface area contributed by atoms with E-state index in [2.05, 4.69) is 266 Å². The maximum Gasteiger partial charge on any atom is 0.0540 e. The molecule has 63 heavy (non-hydrogen) atoms. The Kier molecular flexibility index (Phi) is 9.97. The highest BCUT2D eigenvalue weighted by Crippen LogP contribution is 2.48. The predicted molar refractivity (Wildman–Crippen MR) is 269 cm³/mol. The summed E-state index contributed by atoms with van der Waals surface area (Å²) in [5.74, 6) is 0. The third-order valence-corrected chi connectivity index (χ3v) is 12.3. The van der Waals surface area contributed by atoms with Crippen molar-refractivity contribution in [2.24, 2.45) is 0 Å². The molecule has 11 aromatic carbocycles. The van der Waals surface area contributed by atoms with E-state index >= 15 is 0 Å². The molecule has 0 aliphatic carbocycles. The minimum atomic E-state index is 1.09. The van der Waals surface area contributed by atoms with E-state index in [9.17, 15) is 0 Å². The zero-order chi connectivity index (χ0) is 42.0. The first kappa shape index (κ1) is 37.7. The molecule has 0 saturated carbocycles. The highest BCUT2D eigenvalue weighted by Gasteiger charge is 2.21. The van der Waals surface area contributed by atoms with Gasteiger partial charge in [0.15, 0.2) is 0 Å². The standard InChI is InChI=1S/C62H43N/c1-5-18-44(19-6-1)45-32-34-46(35-33-45)47-36-40-52(41-37-47)63(59-31-16-15-26-54(59)48-20-7-2-8-21-48)53-42-38-49(39-43-53)55-29-17-30-58-61(51-24-11-4-12-25-51)60(50-22-9-3-10-23-50)56-27-13-14-28-57(56)62(55)58/h1-43H. The first-order valence-corrected chi connectivity index (χ1v) is 21.7. The van der Waals surface area contributed by atoms with Crippen molar-refractivity contribution in [2.45, 2.75) is 0 Å². The molecule has 0 atom stereocenters. The van der Waals surface area contributed by atoms with Gasteiger partial charge in [0.2, 0.25) is 0 Å². The van der Waals surface area contributed by atoms with Crippen molar-refractivity contribution < 1.29 is 0 Å². The van der Waals surface area contributed by atoms with Gasteiger partial charge in [0.25, 0.3) is 0 Å². The van der Waals surface area contributed by atoms with Crippen molar-refractivity contribution in [3.8, 4) is 66.8 Å². The third kappa shape index (κ3) is 7.16. The Bertz CT molecular complexity index is 3320. The van der Waals surface area contributed by atoms with E-state index in [1.165, 1.54) is 88.3 Å². The van der Waals surface area contributed by atoms with Crippen LogP contribution in [0.4, 0.5) is 17.1 Å². The summed E-state index contributed by atoms with van der Waals surface area (Å²) >= 11 is 0. The van der Waals surface area contributed by atoms with Gasteiger partial charge >= 0.3 is 0 Å². The Labute approximate surface area is 369 Å². The number of fused-ring (bicyclic) bond motifs is 3. The normalized spacial score (nSPS) is 11.2. The average Bonchev–Trinajstić information content (AvgIpc) is 3.37. The van der Waals surface area contributed by atoms with E-state index in [1.807, 2.05) is 0 Å². The molecule has 0 aliphatic rings. The molecular formula is C62H43N. The second-order valence-corrected chi connectivity index (χ2v) is 16.0. The molecule has 0 bridgehead atoms. The monoisotopic (exact) mass is 801 g/mol. The van der Waals surface area contributed by atoms with Crippen molar-refractivity contribution in [2.75, 3.05) is 4.90 Å². The second-order valence-electron chi connectivity index (χ2n) is 16.0. The molecule has 1 nitrogen and oxygen atoms in total. The van der Waals surface area contributed by atoms with Crippen LogP contribution in [0.5, 0.6) is 0 Å². The smallest absolute Gasteiger partial charge is 0.0540 e. The van der Waals surface area contributed by atoms with Crippen molar-refractivity contribution in [1.82, 2.24) is 0 Å². The molecular weight excluding hydrogens is 759 g/mol. The number of hydrogen-bond acceptors (Lipinski definition) is 1. The Morgan fingerprint density at radius 2 is 0.556 bits per heavy atom. The molecule has 0 saturated heterocycles. The quantitative estimate of drug-likeness (QED) is 0.131. The van der Waals surface area contributed by atoms with Crippen LogP contribution in [0.25, 0.3) is 88.3 Å². The lowest BCUT2D eigenvalue weighted by molar-refractivity contribution is 1.28. The van der Waals surface area contributed by atoms with Gasteiger partial charge < -0.3 is 4.90 Å². The topological polar surface area (TPSA) is 3.24 Å². The van der Waals surface area contributed by atoms with Crippen molar-refractivity contribution >= 4 is 38.6 Å². The lowest BCUT2D eigenvalue weighted by Crippen LogP contribution is -2.11. The summed E-state index contributed by atoms with van der Waals surface area (Å²) in [5.41, 5.74) is 17.8. The van der Waals surface area contributed by atoms with E-state index in [1.54, 1.807) is 0 Å². The summed E-state index contributed by atoms with van der Waals surface area (Å²) in [7, 11) is 0. The molecule has 0 aliphatic heterocycles. The Hall–Kier alpha value is -8.26. The summed E-state index contributed by atoms with van der Waals surface area (Å²) in [6.07, 6.45) is 0. The molecule has 0 aromatic heterocycles. The van der Waals surface area contributed by atoms with Gasteiger partial charge in [-0.1, -0.05) is 231 Å². The van der Waals surface area contributed by atoms with Crippen LogP contribution in [0.15, 0.2) is 261 Å². The fourth-order valence-electron chi connectivity index (χ4n) is 9.33. The van der Waals surface area contributed by atoms with Crippen LogP contribution in [0.1, 0.15) is 0 Å². The zero-order valence-corrected chi connectivity index (χ0v) is 34.8. The van der Waals surface area contributed by atoms with Crippen molar-refractivity contribution in [3.63, 3.8) is 0 Å². The number of para-hydroxylation sites is 1. The molecule has 0 N–H and O–H groups in total. The number of hydrogen-bond donors (Lipinski definition) is 0. The maximum absolute atomic E-state index is 2.40. The molecule has 0 radical (unpaired) electrons. The molecule has 0 unspecified atom stereocenters. The largest absolute Gasteiger partial charge is 0.310 e. The first-order chi connectivity index (χ1) is 31.3. The predicted octanol–water partition coefficient (Wildman–Crippen LogP) is 17.5. The SMILES string of the molecule is c1ccc(-c2ccc(-c3ccc(N(c4ccc(-c5cccc6c(-c7ccccc7)c(-c7ccccc7)c7ccccc7c56)cc4)c4ccccc4-c4ccccc4)cc3)cc2)cc1. The number of rotatable bonds is 9. The molecule has 0 spiro atoms. The third-order valence-electron chi connectivity index (χ3n) is 12.3. The second kappa shape index (κ2) is 16.7. The van der Waals surface area contributed by atoms with Gasteiger partial charge in [-0.3, -0.25) is 0 Å². The van der Waals surface area contributed by atoms with Crippen LogP contribution in [0.3, 0.4) is 0 Å². The lowest BCUT2D eigenvalue weighted by Gasteiger charge is -2.28. The number of nitrogens with zero attached hydrogens (tertiary/aromatic N) is 1. The average molecular weight is 802 g/mol. The molecule has 0 heterocycles. The van der Waals surface area contributed by atoms with Crippen LogP contribution >= 0.6 is 0 Å². The fourth-order valence-corrected chi connectivity index (χ4v) is 9.33. The zero-order valence-electron chi connectivity index (χ0n) is 34.8. The van der Waals surface area contributed by atoms with Gasteiger partial charge in [-0.05, 0) is 113 Å². The Morgan fingerprint density at radius 3 is 1.11 bits per heavy atom. The van der Waals surface area contributed by atoms with Crippen molar-refractivity contribution in [3.05, 3.63) is 261 Å². The van der Waals surface area contributed by atoms with Crippen LogP contribution in [-0.4, -0.2) is 0 Å². The van der Waals surface area contributed by atoms with Gasteiger partial charge in [-0.15, -0.1) is 0 Å². The molecule has 11 aromatic rings. The van der Waals surface area contributed by atoms with E-state index in [0.717, 1.165) is 17.1 Å². The molecule has 0 fully saturated rings. The van der Waals surface area contributed by atoms with Gasteiger partial charge in [-0.25, -0.2) is 0 Å².